The number of rotatable bonds is 7. The Balaban J connectivity index is 1.72. The third-order valence-electron chi connectivity index (χ3n) is 3.06. The highest BCUT2D eigenvalue weighted by Crippen LogP contribution is 2.18. The smallest absolute Gasteiger partial charge is 0.233 e. The topological polar surface area (TPSA) is 64.1 Å². The number of hydrogen-bond donors (Lipinski definition) is 1. The number of benzene rings is 1. The summed E-state index contributed by atoms with van der Waals surface area (Å²) in [5, 5.41) is 3.21. The number of carbonyl (C=O) groups excluding carboxylic acids is 1. The number of nitrogens with one attached hydrogen (secondary N) is 1. The molecule has 2 rings (SSSR count). The first kappa shape index (κ1) is 17.3. The van der Waals surface area contributed by atoms with Crippen molar-refractivity contribution in [3.8, 4) is 5.75 Å². The molecule has 6 heteroatoms. The van der Waals surface area contributed by atoms with Crippen LogP contribution < -0.4 is 10.1 Å². The molecule has 1 atom stereocenters. The Bertz CT molecular complexity index is 629. The zero-order chi connectivity index (χ0) is 16.7. The molecule has 122 valence electrons. The standard InChI is InChI=1S/C17H21N3O2S/c1-12-9-13(2)11-15(10-12)22-8-7-18-16(21)14(3)23-17-19-5-4-6-20-17/h4-6,9-11,14H,7-8H2,1-3H3,(H,18,21)/t14-/m1/s1. The molecule has 0 spiro atoms. The van der Waals surface area contributed by atoms with E-state index in [0.29, 0.717) is 18.3 Å². The Morgan fingerprint density at radius 1 is 1.22 bits per heavy atom. The van der Waals surface area contributed by atoms with Gasteiger partial charge in [0.25, 0.3) is 0 Å². The molecule has 0 aliphatic rings. The number of ether oxygens (including phenoxy) is 1. The predicted molar refractivity (Wildman–Crippen MR) is 91.8 cm³/mol. The lowest BCUT2D eigenvalue weighted by Gasteiger charge is -2.12. The van der Waals surface area contributed by atoms with Crippen LogP contribution in [0.5, 0.6) is 5.75 Å². The van der Waals surface area contributed by atoms with Gasteiger partial charge in [0.2, 0.25) is 5.91 Å². The van der Waals surface area contributed by atoms with E-state index in [1.165, 1.54) is 11.8 Å². The zero-order valence-electron chi connectivity index (χ0n) is 13.6. The molecule has 0 fully saturated rings. The molecule has 2 aromatic rings. The molecule has 0 aliphatic carbocycles. The van der Waals surface area contributed by atoms with Gasteiger partial charge in [-0.05, 0) is 50.1 Å². The first-order valence-electron chi connectivity index (χ1n) is 7.47. The first-order valence-corrected chi connectivity index (χ1v) is 8.35. The summed E-state index contributed by atoms with van der Waals surface area (Å²) in [4.78, 5) is 20.2. The molecule has 5 nitrogen and oxygen atoms in total. The summed E-state index contributed by atoms with van der Waals surface area (Å²) < 4.78 is 5.67. The number of thioether (sulfide) groups is 1. The lowest BCUT2D eigenvalue weighted by molar-refractivity contribution is -0.120. The largest absolute Gasteiger partial charge is 0.492 e. The quantitative estimate of drug-likeness (QED) is 0.480. The Kier molecular flexibility index (Phi) is 6.40. The monoisotopic (exact) mass is 331 g/mol. The normalized spacial score (nSPS) is 11.8. The first-order chi connectivity index (χ1) is 11.0. The van der Waals surface area contributed by atoms with Gasteiger partial charge in [0.15, 0.2) is 5.16 Å². The summed E-state index contributed by atoms with van der Waals surface area (Å²) in [6.07, 6.45) is 3.33. The van der Waals surface area contributed by atoms with E-state index in [0.717, 1.165) is 16.9 Å². The molecule has 0 saturated carbocycles. The summed E-state index contributed by atoms with van der Waals surface area (Å²) >= 11 is 1.33. The number of carbonyl (C=O) groups is 1. The third kappa shape index (κ3) is 5.90. The molecule has 23 heavy (non-hydrogen) atoms. The van der Waals surface area contributed by atoms with Crippen LogP contribution in [-0.4, -0.2) is 34.3 Å². The van der Waals surface area contributed by atoms with E-state index in [2.05, 4.69) is 21.4 Å². The zero-order valence-corrected chi connectivity index (χ0v) is 14.4. The maximum atomic E-state index is 12.0. The molecule has 1 amide bonds. The van der Waals surface area contributed by atoms with Gasteiger partial charge < -0.3 is 10.1 Å². The highest BCUT2D eigenvalue weighted by molar-refractivity contribution is 8.00. The molecule has 0 aliphatic heterocycles. The second-order valence-electron chi connectivity index (χ2n) is 5.25. The SMILES string of the molecule is Cc1cc(C)cc(OCCNC(=O)[C@@H](C)Sc2ncccn2)c1. The minimum Gasteiger partial charge on any atom is -0.492 e. The van der Waals surface area contributed by atoms with Crippen LogP contribution >= 0.6 is 11.8 Å². The van der Waals surface area contributed by atoms with Crippen LogP contribution in [0.25, 0.3) is 0 Å². The lowest BCUT2D eigenvalue weighted by Crippen LogP contribution is -2.34. The average molecular weight is 331 g/mol. The van der Waals surface area contributed by atoms with Gasteiger partial charge >= 0.3 is 0 Å². The number of aromatic nitrogens is 2. The van der Waals surface area contributed by atoms with Crippen molar-refractivity contribution >= 4 is 17.7 Å². The lowest BCUT2D eigenvalue weighted by atomic mass is 10.1. The van der Waals surface area contributed by atoms with E-state index in [1.54, 1.807) is 18.5 Å². The van der Waals surface area contributed by atoms with Crippen LogP contribution in [0.4, 0.5) is 0 Å². The summed E-state index contributed by atoms with van der Waals surface area (Å²) in [7, 11) is 0. The average Bonchev–Trinajstić information content (AvgIpc) is 2.51. The highest BCUT2D eigenvalue weighted by Gasteiger charge is 2.15. The molecule has 0 unspecified atom stereocenters. The minimum atomic E-state index is -0.251. The number of hydrogen-bond acceptors (Lipinski definition) is 5. The van der Waals surface area contributed by atoms with Gasteiger partial charge in [0, 0.05) is 12.4 Å². The second kappa shape index (κ2) is 8.53. The van der Waals surface area contributed by atoms with Crippen molar-refractivity contribution in [1.29, 1.82) is 0 Å². The number of amides is 1. The van der Waals surface area contributed by atoms with Crippen molar-refractivity contribution in [1.82, 2.24) is 15.3 Å². The van der Waals surface area contributed by atoms with E-state index in [-0.39, 0.29) is 11.2 Å². The predicted octanol–water partition coefficient (Wildman–Crippen LogP) is 2.77. The van der Waals surface area contributed by atoms with Gasteiger partial charge in [-0.15, -0.1) is 0 Å². The van der Waals surface area contributed by atoms with Gasteiger partial charge in [-0.3, -0.25) is 4.79 Å². The molecule has 0 bridgehead atoms. The van der Waals surface area contributed by atoms with E-state index in [9.17, 15) is 4.79 Å². The van der Waals surface area contributed by atoms with E-state index in [1.807, 2.05) is 32.9 Å². The molecule has 0 radical (unpaired) electrons. The summed E-state index contributed by atoms with van der Waals surface area (Å²) in [6.45, 7) is 6.81. The molecule has 1 aromatic carbocycles. The van der Waals surface area contributed by atoms with Gasteiger partial charge in [-0.1, -0.05) is 17.8 Å². The molecular weight excluding hydrogens is 310 g/mol. The number of nitrogens with zero attached hydrogens (tertiary/aromatic N) is 2. The van der Waals surface area contributed by atoms with Crippen LogP contribution in [0.3, 0.4) is 0 Å². The molecular formula is C17H21N3O2S. The Morgan fingerprint density at radius 3 is 2.52 bits per heavy atom. The second-order valence-corrected chi connectivity index (χ2v) is 6.56. The fourth-order valence-corrected chi connectivity index (χ4v) is 2.81. The third-order valence-corrected chi connectivity index (χ3v) is 4.05. The maximum absolute atomic E-state index is 12.0. The molecule has 0 saturated heterocycles. The molecule has 1 aromatic heterocycles. The Labute approximate surface area is 140 Å². The van der Waals surface area contributed by atoms with Crippen molar-refractivity contribution in [3.05, 3.63) is 47.8 Å². The summed E-state index contributed by atoms with van der Waals surface area (Å²) in [6, 6.07) is 7.82. The van der Waals surface area contributed by atoms with Gasteiger partial charge in [-0.2, -0.15) is 0 Å². The fraction of sp³-hybridized carbons (Fsp3) is 0.353. The van der Waals surface area contributed by atoms with E-state index in [4.69, 9.17) is 4.74 Å². The van der Waals surface area contributed by atoms with E-state index >= 15 is 0 Å². The number of aryl methyl sites for hydroxylation is 2. The Hall–Kier alpha value is -2.08. The van der Waals surface area contributed by atoms with Crippen LogP contribution in [0.2, 0.25) is 0 Å². The van der Waals surface area contributed by atoms with Crippen molar-refractivity contribution in [3.63, 3.8) is 0 Å². The minimum absolute atomic E-state index is 0.0496. The summed E-state index contributed by atoms with van der Waals surface area (Å²) in [5.41, 5.74) is 2.33. The van der Waals surface area contributed by atoms with Gasteiger partial charge in [0.1, 0.15) is 12.4 Å². The van der Waals surface area contributed by atoms with Crippen molar-refractivity contribution < 1.29 is 9.53 Å². The van der Waals surface area contributed by atoms with Crippen LogP contribution in [-0.2, 0) is 4.79 Å². The Morgan fingerprint density at radius 2 is 1.87 bits per heavy atom. The van der Waals surface area contributed by atoms with Gasteiger partial charge in [-0.25, -0.2) is 9.97 Å². The van der Waals surface area contributed by atoms with Crippen LogP contribution in [0, 0.1) is 13.8 Å². The van der Waals surface area contributed by atoms with E-state index < -0.39 is 0 Å². The van der Waals surface area contributed by atoms with Crippen LogP contribution in [0.1, 0.15) is 18.1 Å². The van der Waals surface area contributed by atoms with Crippen molar-refractivity contribution in [2.24, 2.45) is 0 Å². The van der Waals surface area contributed by atoms with Gasteiger partial charge in [0.05, 0.1) is 11.8 Å². The molecule has 1 N–H and O–H groups in total. The van der Waals surface area contributed by atoms with Crippen molar-refractivity contribution in [2.45, 2.75) is 31.2 Å². The van der Waals surface area contributed by atoms with Crippen LogP contribution in [0.15, 0.2) is 41.8 Å². The van der Waals surface area contributed by atoms with Crippen molar-refractivity contribution in [2.75, 3.05) is 13.2 Å². The highest BCUT2D eigenvalue weighted by atomic mass is 32.2. The molecule has 1 heterocycles. The maximum Gasteiger partial charge on any atom is 0.233 e. The summed E-state index contributed by atoms with van der Waals surface area (Å²) in [5.74, 6) is 0.781. The fourth-order valence-electron chi connectivity index (χ4n) is 2.06.